The average molecular weight is 787 g/mol. The maximum atomic E-state index is 6.63. The highest BCUT2D eigenvalue weighted by Gasteiger charge is 2.26. The number of hydrogen-bond acceptors (Lipinski definition) is 2. The highest BCUT2D eigenvalue weighted by Crippen LogP contribution is 2.52. The number of hydrogen-bond donors (Lipinski definition) is 0. The fourth-order valence-electron chi connectivity index (χ4n) is 10.6. The van der Waals surface area contributed by atoms with Gasteiger partial charge in [-0.1, -0.05) is 170 Å². The van der Waals surface area contributed by atoms with Crippen LogP contribution in [0.25, 0.3) is 143 Å². The molecule has 2 heterocycles. The van der Waals surface area contributed by atoms with Gasteiger partial charge in [-0.05, 0) is 124 Å². The van der Waals surface area contributed by atoms with Gasteiger partial charge >= 0.3 is 0 Å². The summed E-state index contributed by atoms with van der Waals surface area (Å²) >= 11 is 0. The summed E-state index contributed by atoms with van der Waals surface area (Å²) in [5, 5.41) is 12.1. The van der Waals surface area contributed by atoms with Crippen LogP contribution in [0.5, 0.6) is 0 Å². The van der Waals surface area contributed by atoms with Gasteiger partial charge in [-0.25, -0.2) is 0 Å². The van der Waals surface area contributed by atoms with Crippen molar-refractivity contribution < 1.29 is 8.83 Å². The van der Waals surface area contributed by atoms with Crippen LogP contribution >= 0.6 is 0 Å². The Kier molecular flexibility index (Phi) is 6.86. The average Bonchev–Trinajstić information content (AvgIpc) is 3.92. The van der Waals surface area contributed by atoms with E-state index in [0.29, 0.717) is 0 Å². The van der Waals surface area contributed by atoms with Gasteiger partial charge in [0.15, 0.2) is 0 Å². The molecule has 2 aromatic heterocycles. The van der Waals surface area contributed by atoms with Gasteiger partial charge in [0.1, 0.15) is 22.3 Å². The van der Waals surface area contributed by atoms with Crippen molar-refractivity contribution in [3.8, 4) is 66.8 Å². The lowest BCUT2D eigenvalue weighted by Gasteiger charge is -2.25. The predicted molar refractivity (Wildman–Crippen MR) is 260 cm³/mol. The molecular weight excluding hydrogens is 753 g/mol. The third-order valence-corrected chi connectivity index (χ3v) is 13.4. The molecule has 0 atom stereocenters. The second-order valence-corrected chi connectivity index (χ2v) is 16.7. The van der Waals surface area contributed by atoms with Crippen LogP contribution in [0.3, 0.4) is 0 Å². The smallest absolute Gasteiger partial charge is 0.143 e. The number of rotatable bonds is 2. The minimum absolute atomic E-state index is 0.901. The second kappa shape index (κ2) is 12.7. The molecule has 1 aliphatic rings. The van der Waals surface area contributed by atoms with Gasteiger partial charge in [0.05, 0.1) is 0 Å². The molecule has 0 spiro atoms. The third-order valence-electron chi connectivity index (χ3n) is 13.4. The fraction of sp³-hybridized carbons (Fsp3) is 0. The van der Waals surface area contributed by atoms with Gasteiger partial charge in [-0.2, -0.15) is 0 Å². The minimum Gasteiger partial charge on any atom is -0.455 e. The molecule has 1 aliphatic carbocycles. The summed E-state index contributed by atoms with van der Waals surface area (Å²) in [7, 11) is 0. The fourth-order valence-corrected chi connectivity index (χ4v) is 10.6. The largest absolute Gasteiger partial charge is 0.455 e. The molecule has 2 heteroatoms. The Morgan fingerprint density at radius 3 is 1.03 bits per heavy atom. The van der Waals surface area contributed by atoms with E-state index in [9.17, 15) is 0 Å². The summed E-state index contributed by atoms with van der Waals surface area (Å²) in [6.07, 6.45) is 0. The molecule has 62 heavy (non-hydrogen) atoms. The maximum absolute atomic E-state index is 6.63. The molecule has 14 rings (SSSR count). The van der Waals surface area contributed by atoms with Gasteiger partial charge in [0, 0.05) is 32.7 Å². The molecule has 0 amide bonds. The molecule has 0 fully saturated rings. The van der Waals surface area contributed by atoms with Crippen molar-refractivity contribution in [1.82, 2.24) is 0 Å². The van der Waals surface area contributed by atoms with Crippen molar-refractivity contribution in [1.29, 1.82) is 0 Å². The molecule has 0 aliphatic heterocycles. The summed E-state index contributed by atoms with van der Waals surface area (Å²) < 4.78 is 13.2. The summed E-state index contributed by atoms with van der Waals surface area (Å²) in [6, 6.07) is 75.4. The first-order chi connectivity index (χ1) is 30.7. The Morgan fingerprint density at radius 1 is 0.194 bits per heavy atom. The van der Waals surface area contributed by atoms with E-state index < -0.39 is 0 Å². The molecule has 11 aromatic carbocycles. The lowest BCUT2D eigenvalue weighted by atomic mass is 9.78. The molecule has 0 N–H and O–H groups in total. The zero-order valence-electron chi connectivity index (χ0n) is 33.4. The standard InChI is InChI=1S/C60H34O2/c1-5-17-43-39(13-1)40-14-2-6-18-44(40)54-34-56-52-32-36(38-22-12-24-50-48-20-8-10-26-58(48)62-60(38)50)27-29-45(52)41-15-3-4-16-42(41)51-31-35(28-30-46(51)55(56)33-53(43)54)37-21-11-23-49-47-19-7-9-25-57(47)61-59(37)49/h1-34H. The highest BCUT2D eigenvalue weighted by atomic mass is 16.3. The molecule has 0 bridgehead atoms. The highest BCUT2D eigenvalue weighted by molar-refractivity contribution is 6.27. The number of fused-ring (bicyclic) bond motifs is 20. The minimum atomic E-state index is 0.901. The topological polar surface area (TPSA) is 26.3 Å². The van der Waals surface area contributed by atoms with Crippen LogP contribution in [0, 0.1) is 0 Å². The zero-order valence-corrected chi connectivity index (χ0v) is 33.4. The lowest BCUT2D eigenvalue weighted by Crippen LogP contribution is -1.99. The maximum Gasteiger partial charge on any atom is 0.143 e. The number of furan rings is 2. The van der Waals surface area contributed by atoms with Crippen molar-refractivity contribution in [2.75, 3.05) is 0 Å². The second-order valence-electron chi connectivity index (χ2n) is 16.7. The quantitative estimate of drug-likeness (QED) is 0.163. The monoisotopic (exact) mass is 786 g/mol. The SMILES string of the molecule is c1ccc2c(c1)-c1ccc(-c3cccc4c3oc3ccccc34)cc1-c1cc3c4ccccc4c4ccccc4c3cc1-c1ccc(-c3cccc4c3oc3ccccc34)cc1-2. The molecule has 0 saturated heterocycles. The molecule has 0 saturated carbocycles. The predicted octanol–water partition coefficient (Wildman–Crippen LogP) is 17.3. The summed E-state index contributed by atoms with van der Waals surface area (Å²) in [6.45, 7) is 0. The molecule has 0 radical (unpaired) electrons. The Bertz CT molecular complexity index is 4050. The van der Waals surface area contributed by atoms with Gasteiger partial charge in [-0.15, -0.1) is 0 Å². The van der Waals surface area contributed by atoms with Gasteiger partial charge in [0.2, 0.25) is 0 Å². The van der Waals surface area contributed by atoms with Crippen LogP contribution in [-0.2, 0) is 0 Å². The van der Waals surface area contributed by atoms with Crippen LogP contribution in [0.2, 0.25) is 0 Å². The molecule has 0 unspecified atom stereocenters. The van der Waals surface area contributed by atoms with Crippen LogP contribution < -0.4 is 0 Å². The van der Waals surface area contributed by atoms with Gasteiger partial charge in [0.25, 0.3) is 0 Å². The number of para-hydroxylation sites is 4. The van der Waals surface area contributed by atoms with E-state index in [0.717, 1.165) is 66.1 Å². The summed E-state index contributed by atoms with van der Waals surface area (Å²) in [5.74, 6) is 0. The van der Waals surface area contributed by atoms with E-state index >= 15 is 0 Å². The third kappa shape index (κ3) is 4.69. The van der Waals surface area contributed by atoms with E-state index in [2.05, 4.69) is 194 Å². The molecular formula is C60H34O2. The van der Waals surface area contributed by atoms with E-state index in [4.69, 9.17) is 8.83 Å². The Labute approximate surface area is 356 Å². The van der Waals surface area contributed by atoms with Crippen molar-refractivity contribution in [2.24, 2.45) is 0 Å². The van der Waals surface area contributed by atoms with E-state index in [1.54, 1.807) is 0 Å². The van der Waals surface area contributed by atoms with Crippen molar-refractivity contribution in [3.05, 3.63) is 206 Å². The molecule has 2 nitrogen and oxygen atoms in total. The van der Waals surface area contributed by atoms with Crippen LogP contribution in [-0.4, -0.2) is 0 Å². The van der Waals surface area contributed by atoms with Crippen molar-refractivity contribution >= 4 is 76.2 Å². The van der Waals surface area contributed by atoms with Gasteiger partial charge < -0.3 is 8.83 Å². The normalized spacial score (nSPS) is 12.2. The van der Waals surface area contributed by atoms with Crippen LogP contribution in [0.4, 0.5) is 0 Å². The van der Waals surface area contributed by atoms with Crippen molar-refractivity contribution in [2.45, 2.75) is 0 Å². The van der Waals surface area contributed by atoms with Crippen molar-refractivity contribution in [3.63, 3.8) is 0 Å². The first kappa shape index (κ1) is 33.6. The van der Waals surface area contributed by atoms with E-state index in [1.165, 1.54) is 76.8 Å². The lowest BCUT2D eigenvalue weighted by molar-refractivity contribution is 0.669. The number of benzene rings is 11. The molecule has 13 aromatic rings. The first-order valence-electron chi connectivity index (χ1n) is 21.3. The Balaban J connectivity index is 1.10. The Hall–Kier alpha value is -8.20. The van der Waals surface area contributed by atoms with E-state index in [1.807, 2.05) is 12.1 Å². The molecule has 286 valence electrons. The summed E-state index contributed by atoms with van der Waals surface area (Å²) in [5.41, 5.74) is 17.6. The summed E-state index contributed by atoms with van der Waals surface area (Å²) in [4.78, 5) is 0. The Morgan fingerprint density at radius 2 is 0.516 bits per heavy atom. The van der Waals surface area contributed by atoms with Gasteiger partial charge in [-0.3, -0.25) is 0 Å². The van der Waals surface area contributed by atoms with E-state index in [-0.39, 0.29) is 0 Å². The van der Waals surface area contributed by atoms with Crippen LogP contribution in [0.1, 0.15) is 0 Å². The van der Waals surface area contributed by atoms with Crippen LogP contribution in [0.15, 0.2) is 215 Å². The first-order valence-corrected chi connectivity index (χ1v) is 21.3. The zero-order chi connectivity index (χ0) is 40.5.